The van der Waals surface area contributed by atoms with Gasteiger partial charge >= 0.3 is 5.97 Å². The Labute approximate surface area is 69.6 Å². The highest BCUT2D eigenvalue weighted by molar-refractivity contribution is 5.66. The molecule has 5 heteroatoms. The third-order valence-electron chi connectivity index (χ3n) is 1.03. The molecule has 0 bridgehead atoms. The van der Waals surface area contributed by atoms with E-state index in [4.69, 9.17) is 10.2 Å². The minimum Gasteiger partial charge on any atom is -0.503 e. The van der Waals surface area contributed by atoms with Crippen LogP contribution in [0.5, 0.6) is 5.75 Å². The highest BCUT2D eigenvalue weighted by Gasteiger charge is 1.94. The van der Waals surface area contributed by atoms with Gasteiger partial charge in [0, 0.05) is 6.42 Å². The van der Waals surface area contributed by atoms with Crippen LogP contribution in [0.4, 0.5) is 0 Å². The van der Waals surface area contributed by atoms with E-state index in [0.29, 0.717) is 5.69 Å². The van der Waals surface area contributed by atoms with Crippen LogP contribution in [-0.4, -0.2) is 21.3 Å². The number of hydrogen-bond acceptors (Lipinski definition) is 4. The second-order valence-electron chi connectivity index (χ2n) is 2.03. The van der Waals surface area contributed by atoms with Gasteiger partial charge in [-0.3, -0.25) is 4.79 Å². The third kappa shape index (κ3) is 4.32. The Morgan fingerprint density at radius 2 is 2.25 bits per heavy atom. The highest BCUT2D eigenvalue weighted by atomic mass is 16.5. The van der Waals surface area contributed by atoms with Gasteiger partial charge in [0.15, 0.2) is 12.0 Å². The van der Waals surface area contributed by atoms with Crippen molar-refractivity contribution in [2.75, 3.05) is 0 Å². The van der Waals surface area contributed by atoms with E-state index in [1.54, 1.807) is 13.8 Å². The maximum atomic E-state index is 9.37. The van der Waals surface area contributed by atoms with Crippen LogP contribution < -0.4 is 0 Å². The van der Waals surface area contributed by atoms with Crippen LogP contribution in [0.3, 0.4) is 0 Å². The van der Waals surface area contributed by atoms with Gasteiger partial charge in [-0.25, -0.2) is 0 Å². The summed E-state index contributed by atoms with van der Waals surface area (Å²) in [5.41, 5.74) is 0.528. The van der Waals surface area contributed by atoms with Gasteiger partial charge in [-0.15, -0.1) is 0 Å². The van der Waals surface area contributed by atoms with Crippen LogP contribution in [0.25, 0.3) is 0 Å². The summed E-state index contributed by atoms with van der Waals surface area (Å²) in [7, 11) is 0. The largest absolute Gasteiger partial charge is 0.503 e. The first-order valence-corrected chi connectivity index (χ1v) is 3.39. The second kappa shape index (κ2) is 5.17. The molecule has 0 aliphatic heterocycles. The molecule has 0 aliphatic rings. The number of aromatic hydroxyl groups is 1. The number of hydrogen-bond donors (Lipinski definition) is 2. The Bertz CT molecular complexity index is 227. The number of carboxylic acid groups (broad SMARTS) is 1. The fraction of sp³-hybridized carbons (Fsp3) is 0.429. The minimum atomic E-state index is -0.745. The standard InChI is InChI=1S/C4H5NO2.C3H6O2/c1-3-4(6)2-7-5-3;1-2-3(4)5/h2,6H,1H3;2H2,1H3,(H,4,5). The Morgan fingerprint density at radius 1 is 1.75 bits per heavy atom. The molecule has 0 aliphatic carbocycles. The lowest BCUT2D eigenvalue weighted by Crippen LogP contribution is -1.86. The molecule has 5 nitrogen and oxygen atoms in total. The first-order valence-electron chi connectivity index (χ1n) is 3.39. The van der Waals surface area contributed by atoms with Crippen LogP contribution in [0.15, 0.2) is 10.8 Å². The van der Waals surface area contributed by atoms with Gasteiger partial charge < -0.3 is 14.7 Å². The van der Waals surface area contributed by atoms with Crippen LogP contribution in [0, 0.1) is 6.92 Å². The summed E-state index contributed by atoms with van der Waals surface area (Å²) in [5, 5.41) is 19.7. The number of nitrogens with zero attached hydrogens (tertiary/aromatic N) is 1. The Balaban J connectivity index is 0.000000217. The lowest BCUT2D eigenvalue weighted by atomic mass is 10.5. The molecule has 1 aromatic heterocycles. The molecule has 0 unspecified atom stereocenters. The van der Waals surface area contributed by atoms with Gasteiger partial charge in [0.1, 0.15) is 5.69 Å². The van der Waals surface area contributed by atoms with E-state index in [2.05, 4.69) is 9.68 Å². The maximum absolute atomic E-state index is 9.37. The number of aromatic nitrogens is 1. The summed E-state index contributed by atoms with van der Waals surface area (Å²) in [6.45, 7) is 3.27. The van der Waals surface area contributed by atoms with Crippen molar-refractivity contribution in [2.45, 2.75) is 20.3 Å². The van der Waals surface area contributed by atoms with Crippen molar-refractivity contribution in [2.24, 2.45) is 0 Å². The fourth-order valence-electron chi connectivity index (χ4n) is 0.287. The smallest absolute Gasteiger partial charge is 0.303 e. The molecule has 68 valence electrons. The van der Waals surface area contributed by atoms with Crippen LogP contribution in [-0.2, 0) is 4.79 Å². The molecule has 12 heavy (non-hydrogen) atoms. The number of carbonyl (C=O) groups is 1. The lowest BCUT2D eigenvalue weighted by molar-refractivity contribution is -0.136. The summed E-state index contributed by atoms with van der Waals surface area (Å²) in [5.74, 6) is -0.634. The zero-order valence-electron chi connectivity index (χ0n) is 6.94. The van der Waals surface area contributed by atoms with Gasteiger partial charge in [0.2, 0.25) is 0 Å². The first-order chi connectivity index (χ1) is 5.57. The molecule has 0 atom stereocenters. The molecule has 0 amide bonds. The van der Waals surface area contributed by atoms with E-state index in [1.165, 1.54) is 6.26 Å². The molecule has 1 rings (SSSR count). The van der Waals surface area contributed by atoms with Gasteiger partial charge in [-0.05, 0) is 6.92 Å². The van der Waals surface area contributed by atoms with Crippen molar-refractivity contribution in [1.29, 1.82) is 0 Å². The number of carboxylic acids is 1. The highest BCUT2D eigenvalue weighted by Crippen LogP contribution is 2.10. The average Bonchev–Trinajstić information content (AvgIpc) is 2.37. The predicted molar refractivity (Wildman–Crippen MR) is 40.8 cm³/mol. The summed E-state index contributed by atoms with van der Waals surface area (Å²) in [6.07, 6.45) is 1.41. The normalized spacial score (nSPS) is 8.50. The van der Waals surface area contributed by atoms with Crippen molar-refractivity contribution < 1.29 is 19.5 Å². The number of aliphatic carboxylic acids is 1. The van der Waals surface area contributed by atoms with Crippen LogP contribution >= 0.6 is 0 Å². The molecule has 1 aromatic rings. The average molecular weight is 173 g/mol. The molecule has 2 N–H and O–H groups in total. The van der Waals surface area contributed by atoms with E-state index in [1.807, 2.05) is 0 Å². The Kier molecular flexibility index (Phi) is 4.52. The third-order valence-corrected chi connectivity index (χ3v) is 1.03. The molecular weight excluding hydrogens is 162 g/mol. The zero-order valence-corrected chi connectivity index (χ0v) is 6.94. The van der Waals surface area contributed by atoms with E-state index in [-0.39, 0.29) is 12.2 Å². The Hall–Kier alpha value is -1.52. The SMILES string of the molecule is CCC(=O)O.Cc1nocc1O. The first kappa shape index (κ1) is 10.5. The molecular formula is C7H11NO4. The predicted octanol–water partition coefficient (Wildman–Crippen LogP) is 1.17. The summed E-state index contributed by atoms with van der Waals surface area (Å²) < 4.78 is 4.34. The molecule has 0 radical (unpaired) electrons. The molecule has 0 saturated carbocycles. The van der Waals surface area contributed by atoms with Gasteiger partial charge in [0.25, 0.3) is 0 Å². The number of aryl methyl sites for hydroxylation is 1. The van der Waals surface area contributed by atoms with E-state index in [9.17, 15) is 4.79 Å². The fourth-order valence-corrected chi connectivity index (χ4v) is 0.287. The van der Waals surface area contributed by atoms with Crippen molar-refractivity contribution in [3.05, 3.63) is 12.0 Å². The topological polar surface area (TPSA) is 83.6 Å². The molecule has 0 saturated heterocycles. The van der Waals surface area contributed by atoms with Crippen molar-refractivity contribution in [3.8, 4) is 5.75 Å². The summed E-state index contributed by atoms with van der Waals surface area (Å²) in [6, 6.07) is 0. The quantitative estimate of drug-likeness (QED) is 0.665. The van der Waals surface area contributed by atoms with E-state index in [0.717, 1.165) is 0 Å². The molecule has 1 heterocycles. The maximum Gasteiger partial charge on any atom is 0.303 e. The van der Waals surface area contributed by atoms with Gasteiger partial charge in [0.05, 0.1) is 0 Å². The molecule has 0 spiro atoms. The molecule has 0 aromatic carbocycles. The van der Waals surface area contributed by atoms with E-state index >= 15 is 0 Å². The summed E-state index contributed by atoms with van der Waals surface area (Å²) >= 11 is 0. The second-order valence-corrected chi connectivity index (χ2v) is 2.03. The van der Waals surface area contributed by atoms with Crippen molar-refractivity contribution >= 4 is 5.97 Å². The molecule has 0 fully saturated rings. The van der Waals surface area contributed by atoms with Gasteiger partial charge in [-0.2, -0.15) is 0 Å². The Morgan fingerprint density at radius 3 is 2.33 bits per heavy atom. The lowest BCUT2D eigenvalue weighted by Gasteiger charge is -1.74. The van der Waals surface area contributed by atoms with Crippen LogP contribution in [0.1, 0.15) is 19.0 Å². The minimum absolute atomic E-state index is 0.111. The van der Waals surface area contributed by atoms with Gasteiger partial charge in [-0.1, -0.05) is 12.1 Å². The summed E-state index contributed by atoms with van der Waals surface area (Å²) in [4.78, 5) is 9.37. The monoisotopic (exact) mass is 173 g/mol. The van der Waals surface area contributed by atoms with Crippen LogP contribution in [0.2, 0.25) is 0 Å². The zero-order chi connectivity index (χ0) is 9.56. The van der Waals surface area contributed by atoms with Crippen molar-refractivity contribution in [1.82, 2.24) is 5.16 Å². The number of rotatable bonds is 1. The van der Waals surface area contributed by atoms with Crippen molar-refractivity contribution in [3.63, 3.8) is 0 Å². The van der Waals surface area contributed by atoms with E-state index < -0.39 is 5.97 Å².